The van der Waals surface area contributed by atoms with Gasteiger partial charge in [-0.25, -0.2) is 8.42 Å². The van der Waals surface area contributed by atoms with Crippen LogP contribution in [-0.2, 0) is 16.3 Å². The lowest BCUT2D eigenvalue weighted by molar-refractivity contribution is 0.212. The summed E-state index contributed by atoms with van der Waals surface area (Å²) in [6, 6.07) is 7.97. The fraction of sp³-hybridized carbons (Fsp3) is 0.600. The summed E-state index contributed by atoms with van der Waals surface area (Å²) in [4.78, 5) is 0. The van der Waals surface area contributed by atoms with Crippen LogP contribution >= 0.6 is 0 Å². The Morgan fingerprint density at radius 3 is 2.25 bits per heavy atom. The fourth-order valence-corrected chi connectivity index (χ4v) is 5.32. The third-order valence-corrected chi connectivity index (χ3v) is 6.91. The molecule has 0 radical (unpaired) electrons. The molecule has 0 bridgehead atoms. The normalized spacial score (nSPS) is 29.4. The second-order valence-electron chi connectivity index (χ2n) is 5.54. The fourth-order valence-electron chi connectivity index (χ4n) is 3.16. The minimum absolute atomic E-state index is 0.0863. The summed E-state index contributed by atoms with van der Waals surface area (Å²) in [6.45, 7) is 3.72. The molecule has 0 heterocycles. The van der Waals surface area contributed by atoms with E-state index in [0.29, 0.717) is 0 Å². The van der Waals surface area contributed by atoms with Gasteiger partial charge in [0.2, 0.25) is 0 Å². The molecule has 5 heteroatoms. The number of benzene rings is 1. The largest absolute Gasteiger partial charge is 0.396 e. The molecule has 112 valence electrons. The summed E-state index contributed by atoms with van der Waals surface area (Å²) in [5.41, 5.74) is 7.25. The SMILES string of the molecule is CCc1ccc([C@@H]2[C@H](S(=O)(=O)CC)[C@@]2(CN)CO)cc1. The Labute approximate surface area is 120 Å². The molecule has 1 aliphatic carbocycles. The van der Waals surface area contributed by atoms with Crippen LogP contribution in [0.2, 0.25) is 0 Å². The molecule has 1 saturated carbocycles. The highest BCUT2D eigenvalue weighted by Gasteiger charge is 2.69. The van der Waals surface area contributed by atoms with Crippen molar-refractivity contribution in [3.63, 3.8) is 0 Å². The Kier molecular flexibility index (Phi) is 4.23. The molecule has 3 atom stereocenters. The summed E-state index contributed by atoms with van der Waals surface area (Å²) in [6.07, 6.45) is 0.948. The van der Waals surface area contributed by atoms with Gasteiger partial charge in [0.1, 0.15) is 0 Å². The van der Waals surface area contributed by atoms with Crippen LogP contribution in [0.25, 0.3) is 0 Å². The summed E-state index contributed by atoms with van der Waals surface area (Å²) < 4.78 is 24.5. The summed E-state index contributed by atoms with van der Waals surface area (Å²) >= 11 is 0. The third-order valence-electron chi connectivity index (χ3n) is 4.59. The highest BCUT2D eigenvalue weighted by atomic mass is 32.2. The maximum atomic E-state index is 12.2. The Morgan fingerprint density at radius 2 is 1.85 bits per heavy atom. The van der Waals surface area contributed by atoms with Gasteiger partial charge in [0.25, 0.3) is 0 Å². The molecule has 1 fully saturated rings. The number of aliphatic hydroxyl groups is 1. The number of sulfone groups is 1. The van der Waals surface area contributed by atoms with Crippen LogP contribution in [0.5, 0.6) is 0 Å². The van der Waals surface area contributed by atoms with Crippen molar-refractivity contribution in [3.8, 4) is 0 Å². The summed E-state index contributed by atoms with van der Waals surface area (Å²) in [5.74, 6) is -0.100. The van der Waals surface area contributed by atoms with Crippen molar-refractivity contribution in [2.45, 2.75) is 31.4 Å². The van der Waals surface area contributed by atoms with Gasteiger partial charge in [0.15, 0.2) is 9.84 Å². The monoisotopic (exact) mass is 297 g/mol. The van der Waals surface area contributed by atoms with Crippen molar-refractivity contribution in [1.82, 2.24) is 0 Å². The lowest BCUT2D eigenvalue weighted by atomic mass is 9.99. The maximum absolute atomic E-state index is 12.2. The molecule has 0 amide bonds. The average molecular weight is 297 g/mol. The van der Waals surface area contributed by atoms with Crippen LogP contribution in [0.4, 0.5) is 0 Å². The van der Waals surface area contributed by atoms with Crippen LogP contribution in [0.15, 0.2) is 24.3 Å². The van der Waals surface area contributed by atoms with Crippen LogP contribution in [-0.4, -0.2) is 37.7 Å². The number of aryl methyl sites for hydroxylation is 1. The van der Waals surface area contributed by atoms with E-state index in [-0.39, 0.29) is 24.8 Å². The van der Waals surface area contributed by atoms with E-state index in [9.17, 15) is 13.5 Å². The number of rotatable bonds is 6. The standard InChI is InChI=1S/C15H23NO3S/c1-3-11-5-7-12(8-6-11)13-14(20(18,19)4-2)15(13,9-16)10-17/h5-8,13-14,17H,3-4,9-10,16H2,1-2H3/t13-,14+,15+/m1/s1. The van der Waals surface area contributed by atoms with Gasteiger partial charge < -0.3 is 10.8 Å². The Bertz CT molecular complexity index is 561. The molecule has 20 heavy (non-hydrogen) atoms. The van der Waals surface area contributed by atoms with E-state index in [2.05, 4.69) is 6.92 Å². The van der Waals surface area contributed by atoms with Crippen molar-refractivity contribution in [3.05, 3.63) is 35.4 Å². The van der Waals surface area contributed by atoms with Gasteiger partial charge in [-0.15, -0.1) is 0 Å². The van der Waals surface area contributed by atoms with E-state index in [4.69, 9.17) is 5.73 Å². The average Bonchev–Trinajstić information content (AvgIpc) is 3.18. The topological polar surface area (TPSA) is 80.4 Å². The summed E-state index contributed by atoms with van der Waals surface area (Å²) in [7, 11) is -3.21. The Hall–Kier alpha value is -0.910. The van der Waals surface area contributed by atoms with Gasteiger partial charge in [-0.3, -0.25) is 0 Å². The van der Waals surface area contributed by atoms with Crippen molar-refractivity contribution >= 4 is 9.84 Å². The first-order valence-corrected chi connectivity index (χ1v) is 8.79. The molecule has 1 aromatic carbocycles. The zero-order chi connectivity index (χ0) is 15.0. The first kappa shape index (κ1) is 15.5. The van der Waals surface area contributed by atoms with Gasteiger partial charge >= 0.3 is 0 Å². The van der Waals surface area contributed by atoms with E-state index < -0.39 is 20.5 Å². The molecule has 0 unspecified atom stereocenters. The van der Waals surface area contributed by atoms with Crippen molar-refractivity contribution in [1.29, 1.82) is 0 Å². The quantitative estimate of drug-likeness (QED) is 0.823. The molecule has 0 saturated heterocycles. The van der Waals surface area contributed by atoms with Gasteiger partial charge in [-0.2, -0.15) is 0 Å². The van der Waals surface area contributed by atoms with E-state index in [0.717, 1.165) is 12.0 Å². The Morgan fingerprint density at radius 1 is 1.25 bits per heavy atom. The molecule has 3 N–H and O–H groups in total. The van der Waals surface area contributed by atoms with Crippen molar-refractivity contribution in [2.24, 2.45) is 11.1 Å². The second-order valence-corrected chi connectivity index (χ2v) is 7.95. The Balaban J connectivity index is 2.38. The molecule has 0 spiro atoms. The predicted octanol–water partition coefficient (Wildman–Crippen LogP) is 1.09. The number of hydrogen-bond acceptors (Lipinski definition) is 4. The smallest absolute Gasteiger partial charge is 0.154 e. The molecule has 0 aliphatic heterocycles. The first-order chi connectivity index (χ1) is 9.46. The van der Waals surface area contributed by atoms with E-state index in [1.807, 2.05) is 24.3 Å². The van der Waals surface area contributed by atoms with Gasteiger partial charge in [0.05, 0.1) is 11.9 Å². The van der Waals surface area contributed by atoms with Crippen LogP contribution in [0.3, 0.4) is 0 Å². The van der Waals surface area contributed by atoms with Crippen LogP contribution < -0.4 is 5.73 Å². The number of aliphatic hydroxyl groups excluding tert-OH is 1. The minimum atomic E-state index is -3.21. The van der Waals surface area contributed by atoms with Crippen molar-refractivity contribution < 1.29 is 13.5 Å². The summed E-state index contributed by atoms with van der Waals surface area (Å²) in [5, 5.41) is 9.12. The second kappa shape index (κ2) is 5.47. The molecule has 2 rings (SSSR count). The molecular weight excluding hydrogens is 274 g/mol. The minimum Gasteiger partial charge on any atom is -0.396 e. The number of hydrogen-bond donors (Lipinski definition) is 2. The van der Waals surface area contributed by atoms with Crippen molar-refractivity contribution in [2.75, 3.05) is 18.9 Å². The van der Waals surface area contributed by atoms with E-state index in [1.165, 1.54) is 5.56 Å². The molecule has 1 aromatic rings. The lowest BCUT2D eigenvalue weighted by Crippen LogP contribution is -2.28. The predicted molar refractivity (Wildman–Crippen MR) is 80.4 cm³/mol. The van der Waals surface area contributed by atoms with Crippen LogP contribution in [0, 0.1) is 5.41 Å². The highest BCUT2D eigenvalue weighted by molar-refractivity contribution is 7.92. The first-order valence-electron chi connectivity index (χ1n) is 7.08. The van der Waals surface area contributed by atoms with Gasteiger partial charge in [0, 0.05) is 23.6 Å². The molecular formula is C15H23NO3S. The maximum Gasteiger partial charge on any atom is 0.154 e. The van der Waals surface area contributed by atoms with E-state index in [1.54, 1.807) is 6.92 Å². The number of nitrogens with two attached hydrogens (primary N) is 1. The molecule has 0 aromatic heterocycles. The zero-order valence-corrected chi connectivity index (χ0v) is 12.9. The lowest BCUT2D eigenvalue weighted by Gasteiger charge is -2.11. The van der Waals surface area contributed by atoms with E-state index >= 15 is 0 Å². The van der Waals surface area contributed by atoms with Crippen LogP contribution in [0.1, 0.15) is 30.9 Å². The third kappa shape index (κ3) is 2.28. The molecule has 4 nitrogen and oxygen atoms in total. The van der Waals surface area contributed by atoms with Gasteiger partial charge in [-0.1, -0.05) is 38.1 Å². The highest BCUT2D eigenvalue weighted by Crippen LogP contribution is 2.62. The zero-order valence-electron chi connectivity index (χ0n) is 12.0. The van der Waals surface area contributed by atoms with Gasteiger partial charge in [-0.05, 0) is 17.5 Å². The molecule has 1 aliphatic rings.